The summed E-state index contributed by atoms with van der Waals surface area (Å²) < 4.78 is 0. The molecule has 6 heteroatoms. The van der Waals surface area contributed by atoms with E-state index in [1.807, 2.05) is 7.05 Å². The maximum Gasteiger partial charge on any atom is 0.194 e. The third-order valence-electron chi connectivity index (χ3n) is 5.21. The Morgan fingerprint density at radius 2 is 1.92 bits per heavy atom. The average Bonchev–Trinajstić information content (AvgIpc) is 3.13. The first kappa shape index (κ1) is 19.9. The van der Waals surface area contributed by atoms with Crippen LogP contribution in [0.15, 0.2) is 10.4 Å². The van der Waals surface area contributed by atoms with E-state index in [1.165, 1.54) is 44.5 Å². The first-order chi connectivity index (χ1) is 11.0. The van der Waals surface area contributed by atoms with Crippen LogP contribution in [-0.4, -0.2) is 36.0 Å². The number of halogens is 1. The molecule has 2 unspecified atom stereocenters. The van der Waals surface area contributed by atoms with E-state index < -0.39 is 0 Å². The van der Waals surface area contributed by atoms with Crippen LogP contribution in [0.2, 0.25) is 0 Å². The summed E-state index contributed by atoms with van der Waals surface area (Å²) in [5, 5.41) is 6.86. The van der Waals surface area contributed by atoms with Crippen molar-refractivity contribution in [2.75, 3.05) is 20.1 Å². The number of likely N-dealkylation sites (tertiary alicyclic amines) is 1. The Bertz CT molecular complexity index is 550. The fourth-order valence-corrected chi connectivity index (χ4v) is 4.76. The van der Waals surface area contributed by atoms with Crippen molar-refractivity contribution < 1.29 is 0 Å². The summed E-state index contributed by atoms with van der Waals surface area (Å²) in [6.07, 6.45) is 5.63. The van der Waals surface area contributed by atoms with Crippen LogP contribution in [0.25, 0.3) is 0 Å². The molecule has 1 N–H and O–H groups in total. The number of hydrogen-bond donors (Lipinski definition) is 1. The second kappa shape index (κ2) is 8.34. The number of fused-ring (bicyclic) bond motifs is 1. The van der Waals surface area contributed by atoms with E-state index >= 15 is 0 Å². The van der Waals surface area contributed by atoms with Gasteiger partial charge in [-0.15, -0.1) is 35.3 Å². The van der Waals surface area contributed by atoms with Gasteiger partial charge >= 0.3 is 0 Å². The highest BCUT2D eigenvalue weighted by Gasteiger charge is 2.35. The summed E-state index contributed by atoms with van der Waals surface area (Å²) in [6.45, 7) is 9.77. The second-order valence-corrected chi connectivity index (χ2v) is 8.93. The monoisotopic (exact) mass is 462 g/mol. The number of hydrogen-bond acceptors (Lipinski definition) is 3. The number of nitrogens with zero attached hydrogens (tertiary/aromatic N) is 3. The zero-order chi connectivity index (χ0) is 16.4. The summed E-state index contributed by atoms with van der Waals surface area (Å²) in [4.78, 5) is 11.7. The van der Waals surface area contributed by atoms with Crippen LogP contribution in [0.1, 0.15) is 57.2 Å². The smallest absolute Gasteiger partial charge is 0.194 e. The van der Waals surface area contributed by atoms with Crippen LogP contribution in [-0.2, 0) is 12.0 Å². The highest BCUT2D eigenvalue weighted by molar-refractivity contribution is 14.0. The largest absolute Gasteiger partial charge is 0.350 e. The van der Waals surface area contributed by atoms with Crippen LogP contribution in [0.3, 0.4) is 0 Å². The second-order valence-electron chi connectivity index (χ2n) is 7.99. The van der Waals surface area contributed by atoms with Crippen LogP contribution in [0, 0.1) is 11.8 Å². The Morgan fingerprint density at radius 3 is 2.42 bits per heavy atom. The van der Waals surface area contributed by atoms with Gasteiger partial charge < -0.3 is 10.2 Å². The standard InChI is InChI=1S/C18H30N4S.HI/c1-18(2,3)15-12-23-16(21-15)9-20-17(19-4)22-10-13-7-5-6-8-14(13)11-22;/h12-14H,5-11H2,1-4H3,(H,19,20);1H. The third-order valence-corrected chi connectivity index (χ3v) is 6.05. The molecular weight excluding hydrogens is 431 g/mol. The molecule has 2 aliphatic rings. The molecule has 1 saturated heterocycles. The fraction of sp³-hybridized carbons (Fsp3) is 0.778. The number of guanidine groups is 1. The van der Waals surface area contributed by atoms with Crippen molar-refractivity contribution in [1.29, 1.82) is 0 Å². The quantitative estimate of drug-likeness (QED) is 0.406. The Hall–Kier alpha value is -0.370. The summed E-state index contributed by atoms with van der Waals surface area (Å²) in [6, 6.07) is 0. The summed E-state index contributed by atoms with van der Waals surface area (Å²) in [7, 11) is 1.90. The van der Waals surface area contributed by atoms with Gasteiger partial charge in [0.05, 0.1) is 12.2 Å². The minimum absolute atomic E-state index is 0. The lowest BCUT2D eigenvalue weighted by molar-refractivity contribution is 0.299. The van der Waals surface area contributed by atoms with Crippen molar-refractivity contribution in [1.82, 2.24) is 15.2 Å². The third kappa shape index (κ3) is 4.62. The summed E-state index contributed by atoms with van der Waals surface area (Å²) in [5.74, 6) is 2.82. The number of nitrogens with one attached hydrogen (secondary N) is 1. The van der Waals surface area contributed by atoms with Crippen LogP contribution >= 0.6 is 35.3 Å². The van der Waals surface area contributed by atoms with E-state index in [0.29, 0.717) is 0 Å². The molecule has 1 saturated carbocycles. The van der Waals surface area contributed by atoms with Crippen molar-refractivity contribution in [2.24, 2.45) is 16.8 Å². The molecule has 3 rings (SSSR count). The average molecular weight is 462 g/mol. The highest BCUT2D eigenvalue weighted by Crippen LogP contribution is 2.36. The molecule has 2 atom stereocenters. The molecule has 1 aliphatic carbocycles. The molecule has 0 radical (unpaired) electrons. The van der Waals surface area contributed by atoms with E-state index in [-0.39, 0.29) is 29.4 Å². The van der Waals surface area contributed by atoms with Crippen molar-refractivity contribution in [3.05, 3.63) is 16.1 Å². The molecule has 1 aromatic heterocycles. The minimum Gasteiger partial charge on any atom is -0.350 e. The number of aromatic nitrogens is 1. The molecule has 0 bridgehead atoms. The molecule has 2 fully saturated rings. The van der Waals surface area contributed by atoms with Crippen molar-refractivity contribution in [2.45, 2.75) is 58.4 Å². The van der Waals surface area contributed by atoms with E-state index in [9.17, 15) is 0 Å². The van der Waals surface area contributed by atoms with Gasteiger partial charge in [-0.05, 0) is 24.7 Å². The molecule has 0 aromatic carbocycles. The molecule has 0 spiro atoms. The van der Waals surface area contributed by atoms with Gasteiger partial charge in [-0.1, -0.05) is 33.6 Å². The predicted molar refractivity (Wildman–Crippen MR) is 113 cm³/mol. The zero-order valence-electron chi connectivity index (χ0n) is 15.3. The van der Waals surface area contributed by atoms with Gasteiger partial charge in [-0.25, -0.2) is 4.98 Å². The van der Waals surface area contributed by atoms with Crippen molar-refractivity contribution in [3.63, 3.8) is 0 Å². The first-order valence-corrected chi connectivity index (χ1v) is 9.76. The Labute approximate surface area is 167 Å². The highest BCUT2D eigenvalue weighted by atomic mass is 127. The van der Waals surface area contributed by atoms with Crippen LogP contribution in [0.5, 0.6) is 0 Å². The molecule has 1 aliphatic heterocycles. The lowest BCUT2D eigenvalue weighted by Crippen LogP contribution is -2.39. The number of rotatable bonds is 2. The van der Waals surface area contributed by atoms with E-state index in [4.69, 9.17) is 4.98 Å². The molecule has 1 aromatic rings. The minimum atomic E-state index is 0. The molecule has 136 valence electrons. The Kier molecular flexibility index (Phi) is 6.93. The lowest BCUT2D eigenvalue weighted by Gasteiger charge is -2.22. The van der Waals surface area contributed by atoms with Gasteiger partial charge in [0.2, 0.25) is 0 Å². The Morgan fingerprint density at radius 1 is 1.29 bits per heavy atom. The van der Waals surface area contributed by atoms with E-state index in [2.05, 4.69) is 41.4 Å². The summed E-state index contributed by atoms with van der Waals surface area (Å²) >= 11 is 1.74. The van der Waals surface area contributed by atoms with Gasteiger partial charge in [0.15, 0.2) is 5.96 Å². The maximum absolute atomic E-state index is 4.77. The van der Waals surface area contributed by atoms with Crippen LogP contribution < -0.4 is 5.32 Å². The molecule has 2 heterocycles. The number of thiazole rings is 1. The van der Waals surface area contributed by atoms with Crippen LogP contribution in [0.4, 0.5) is 0 Å². The van der Waals surface area contributed by atoms with Gasteiger partial charge in [0, 0.05) is 30.9 Å². The van der Waals surface area contributed by atoms with Gasteiger partial charge in [0.1, 0.15) is 5.01 Å². The van der Waals surface area contributed by atoms with Gasteiger partial charge in [-0.2, -0.15) is 0 Å². The van der Waals surface area contributed by atoms with E-state index in [1.54, 1.807) is 11.3 Å². The summed E-state index contributed by atoms with van der Waals surface area (Å²) in [5.41, 5.74) is 1.31. The first-order valence-electron chi connectivity index (χ1n) is 8.88. The van der Waals surface area contributed by atoms with E-state index in [0.717, 1.165) is 29.3 Å². The van der Waals surface area contributed by atoms with Crippen molar-refractivity contribution >= 4 is 41.3 Å². The predicted octanol–water partition coefficient (Wildman–Crippen LogP) is 4.26. The lowest BCUT2D eigenvalue weighted by atomic mass is 9.82. The van der Waals surface area contributed by atoms with Crippen molar-refractivity contribution in [3.8, 4) is 0 Å². The fourth-order valence-electron chi connectivity index (χ4n) is 3.80. The molecule has 24 heavy (non-hydrogen) atoms. The number of aliphatic imine (C=N–C) groups is 1. The molecular formula is C18H31IN4S. The zero-order valence-corrected chi connectivity index (χ0v) is 18.5. The molecule has 0 amide bonds. The topological polar surface area (TPSA) is 40.5 Å². The SMILES string of the molecule is CN=C(NCc1nc(C(C)(C)C)cs1)N1CC2CCCCC2C1.I. The maximum atomic E-state index is 4.77. The molecule has 4 nitrogen and oxygen atoms in total. The van der Waals surface area contributed by atoms with Gasteiger partial charge in [0.25, 0.3) is 0 Å². The van der Waals surface area contributed by atoms with Gasteiger partial charge in [-0.3, -0.25) is 4.99 Å². The Balaban J connectivity index is 0.00000208. The normalized spacial score (nSPS) is 24.5.